The second-order valence-electron chi connectivity index (χ2n) is 18.5. The molecule has 0 amide bonds. The first-order chi connectivity index (χ1) is 25.0. The van der Waals surface area contributed by atoms with Crippen LogP contribution in [0.1, 0.15) is 125 Å². The SMILES string of the molecule is CC(C)(C)C1=[C-]C(C)(C)c2cc3c(cc21)-c1cc2c(cc1C3)C(C)(C)C=C2C(C)(C)C.Cc1c[cH-]c(C)c1.Fc1ccc([C](=[Zr+2])c2ccc(F)cc2)cc1.[Cl-].[Cl-]. The van der Waals surface area contributed by atoms with Crippen LogP contribution in [-0.4, -0.2) is 3.21 Å². The topological polar surface area (TPSA) is 0 Å². The van der Waals surface area contributed by atoms with Gasteiger partial charge in [0.05, 0.1) is 0 Å². The van der Waals surface area contributed by atoms with Gasteiger partial charge in [0, 0.05) is 5.41 Å². The van der Waals surface area contributed by atoms with Gasteiger partial charge in [0.1, 0.15) is 0 Å². The van der Waals surface area contributed by atoms with Crippen molar-refractivity contribution in [2.75, 3.05) is 0 Å². The third-order valence-corrected chi connectivity index (χ3v) is 12.3. The average molecular weight is 867 g/mol. The number of hydrogen-bond acceptors (Lipinski definition) is 0. The van der Waals surface area contributed by atoms with Gasteiger partial charge in [-0.15, -0.1) is 11.6 Å². The third kappa shape index (κ3) is 9.44. The maximum Gasteiger partial charge on any atom is -1.00 e. The molecule has 292 valence electrons. The van der Waals surface area contributed by atoms with Gasteiger partial charge in [0.15, 0.2) is 0 Å². The minimum atomic E-state index is -0.244. The Morgan fingerprint density at radius 1 is 0.661 bits per heavy atom. The fourth-order valence-corrected chi connectivity index (χ4v) is 8.88. The molecule has 3 aliphatic carbocycles. The smallest absolute Gasteiger partial charge is 1.00 e. The quantitative estimate of drug-likeness (QED) is 0.158. The van der Waals surface area contributed by atoms with Crippen molar-refractivity contribution in [1.82, 2.24) is 0 Å². The molecule has 3 aliphatic rings. The van der Waals surface area contributed by atoms with Crippen molar-refractivity contribution in [2.24, 2.45) is 10.8 Å². The zero-order chi connectivity index (χ0) is 39.5. The largest absolute Gasteiger partial charge is 1.00 e. The van der Waals surface area contributed by atoms with E-state index >= 15 is 0 Å². The van der Waals surface area contributed by atoms with Crippen LogP contribution in [0.2, 0.25) is 0 Å². The number of fused-ring (bicyclic) bond motifs is 5. The Hall–Kier alpha value is -3.10. The predicted octanol–water partition coefficient (Wildman–Crippen LogP) is 7.61. The summed E-state index contributed by atoms with van der Waals surface area (Å²) in [7, 11) is 0. The van der Waals surface area contributed by atoms with Crippen molar-refractivity contribution in [3.63, 3.8) is 0 Å². The van der Waals surface area contributed by atoms with Crippen molar-refractivity contribution in [1.29, 1.82) is 0 Å². The minimum Gasteiger partial charge on any atom is -1.00 e. The monoisotopic (exact) mass is 864 g/mol. The molecule has 0 radical (unpaired) electrons. The summed E-state index contributed by atoms with van der Waals surface area (Å²) in [5.41, 5.74) is 19.6. The molecular weight excluding hydrogens is 813 g/mol. The van der Waals surface area contributed by atoms with Gasteiger partial charge in [0.25, 0.3) is 0 Å². The summed E-state index contributed by atoms with van der Waals surface area (Å²) in [5, 5.41) is 0. The molecule has 5 aromatic rings. The van der Waals surface area contributed by atoms with Crippen molar-refractivity contribution >= 4 is 14.4 Å². The first kappa shape index (κ1) is 45.6. The Morgan fingerprint density at radius 3 is 1.55 bits per heavy atom. The van der Waals surface area contributed by atoms with Gasteiger partial charge >= 0.3 is 108 Å². The first-order valence-corrected chi connectivity index (χ1v) is 20.3. The molecule has 56 heavy (non-hydrogen) atoms. The molecule has 0 aliphatic heterocycles. The summed E-state index contributed by atoms with van der Waals surface area (Å²) in [6, 6.07) is 29.1. The van der Waals surface area contributed by atoms with Crippen LogP contribution in [0, 0.1) is 42.4 Å². The molecular formula is C51H54Cl2F2Zr-2. The number of benzene rings is 4. The molecule has 0 aromatic heterocycles. The van der Waals surface area contributed by atoms with E-state index in [2.05, 4.69) is 138 Å². The number of allylic oxidation sites excluding steroid dienone is 4. The zero-order valence-corrected chi connectivity index (χ0v) is 38.9. The van der Waals surface area contributed by atoms with Gasteiger partial charge in [0.2, 0.25) is 0 Å². The predicted molar refractivity (Wildman–Crippen MR) is 222 cm³/mol. The molecule has 0 saturated heterocycles. The molecule has 0 N–H and O–H groups in total. The second kappa shape index (κ2) is 16.6. The summed E-state index contributed by atoms with van der Waals surface area (Å²) < 4.78 is 26.6. The van der Waals surface area contributed by atoms with E-state index in [4.69, 9.17) is 0 Å². The number of halogens is 4. The molecule has 0 nitrogen and oxygen atoms in total. The maximum atomic E-state index is 12.8. The van der Waals surface area contributed by atoms with Crippen LogP contribution >= 0.6 is 0 Å². The number of hydrogen-bond donors (Lipinski definition) is 0. The van der Waals surface area contributed by atoms with Crippen LogP contribution in [0.25, 0.3) is 22.3 Å². The van der Waals surface area contributed by atoms with Crippen molar-refractivity contribution in [3.8, 4) is 11.1 Å². The molecule has 5 aromatic carbocycles. The van der Waals surface area contributed by atoms with Crippen LogP contribution in [0.3, 0.4) is 0 Å². The van der Waals surface area contributed by atoms with E-state index in [1.165, 1.54) is 115 Å². The minimum absolute atomic E-state index is 0. The van der Waals surface area contributed by atoms with E-state index in [0.717, 1.165) is 20.8 Å². The summed E-state index contributed by atoms with van der Waals surface area (Å²) in [5.74, 6) is -0.488. The molecule has 0 atom stereocenters. The Balaban J connectivity index is 0.000000232. The summed E-state index contributed by atoms with van der Waals surface area (Å²) in [4.78, 5) is 0. The van der Waals surface area contributed by atoms with E-state index < -0.39 is 0 Å². The van der Waals surface area contributed by atoms with E-state index in [1.54, 1.807) is 24.3 Å². The maximum absolute atomic E-state index is 12.8. The van der Waals surface area contributed by atoms with Crippen LogP contribution in [0.4, 0.5) is 8.78 Å². The average Bonchev–Trinajstić information content (AvgIpc) is 3.80. The Morgan fingerprint density at radius 2 is 1.14 bits per heavy atom. The molecule has 0 unspecified atom stereocenters. The van der Waals surface area contributed by atoms with Gasteiger partial charge in [-0.25, -0.2) is 17.2 Å². The van der Waals surface area contributed by atoms with Gasteiger partial charge in [-0.2, -0.15) is 23.3 Å². The van der Waals surface area contributed by atoms with E-state index in [-0.39, 0.29) is 58.1 Å². The molecule has 0 fully saturated rings. The van der Waals surface area contributed by atoms with Gasteiger partial charge in [-0.05, 0) is 62.3 Å². The molecule has 0 spiro atoms. The molecule has 8 rings (SSSR count). The van der Waals surface area contributed by atoms with Crippen molar-refractivity contribution in [3.05, 3.63) is 170 Å². The summed E-state index contributed by atoms with van der Waals surface area (Å²) >= 11 is 1.22. The summed E-state index contributed by atoms with van der Waals surface area (Å²) in [6.07, 6.45) is 7.41. The zero-order valence-electron chi connectivity index (χ0n) is 35.0. The normalized spacial score (nSPS) is 15.2. The van der Waals surface area contributed by atoms with Crippen molar-refractivity contribution < 1.29 is 57.8 Å². The van der Waals surface area contributed by atoms with Crippen LogP contribution in [-0.2, 0) is 41.5 Å². The van der Waals surface area contributed by atoms with Gasteiger partial charge in [-0.1, -0.05) is 107 Å². The summed E-state index contributed by atoms with van der Waals surface area (Å²) in [6.45, 7) is 27.6. The molecule has 5 heteroatoms. The van der Waals surface area contributed by atoms with Crippen LogP contribution in [0.15, 0.2) is 97.1 Å². The number of rotatable bonds is 2. The Kier molecular flexibility index (Phi) is 13.6. The molecule has 0 heterocycles. The van der Waals surface area contributed by atoms with Crippen LogP contribution < -0.4 is 24.8 Å². The van der Waals surface area contributed by atoms with Crippen LogP contribution in [0.5, 0.6) is 0 Å². The van der Waals surface area contributed by atoms with E-state index in [9.17, 15) is 8.78 Å². The van der Waals surface area contributed by atoms with E-state index in [0.29, 0.717) is 0 Å². The fraction of sp³-hybridized carbons (Fsp3) is 0.333. The Bertz CT molecular complexity index is 2140. The van der Waals surface area contributed by atoms with Gasteiger partial charge < -0.3 is 24.8 Å². The fourth-order valence-electron chi connectivity index (χ4n) is 8.06. The second-order valence-corrected chi connectivity index (χ2v) is 19.8. The van der Waals surface area contributed by atoms with E-state index in [1.807, 2.05) is 0 Å². The Labute approximate surface area is 362 Å². The molecule has 0 bridgehead atoms. The van der Waals surface area contributed by atoms with Crippen molar-refractivity contribution in [2.45, 2.75) is 100 Å². The third-order valence-electron chi connectivity index (χ3n) is 10.9. The number of aryl methyl sites for hydroxylation is 2. The van der Waals surface area contributed by atoms with Gasteiger partial charge in [-0.3, -0.25) is 6.08 Å². The standard InChI is InChI=1S/C31H37.C13H8F2.C7H9.2ClH.Zr/c1-28(2,3)26-16-30(7,8)24-12-18-11-19-13-25-23(15-21(19)20(18)14-22(24)26)27(29(4,5)6)17-31(25,9)10;14-12-5-1-10(2-6-12)9-11-3-7-13(15)8-4-11;1-6-3-4-7(2)5-6;;;/h12-16H,11H2,1-10H3;1-8H;3-5H,1-2H3;2*1H;/q-1;;-1;;;+2/p-2. The molecule has 0 saturated carbocycles. The first-order valence-electron chi connectivity index (χ1n) is 19.1.